The van der Waals surface area contributed by atoms with Crippen molar-refractivity contribution in [3.05, 3.63) is 78.8 Å². The largest absolute Gasteiger partial charge is 0.496 e. The van der Waals surface area contributed by atoms with Crippen molar-refractivity contribution in [3.8, 4) is 17.0 Å². The minimum absolute atomic E-state index is 0.103. The Balaban J connectivity index is 1.53. The standard InChI is InChI=1S/C21H18N4O2/c1-27-19-9-3-2-6-16(19)13-20(26)23-17-8-4-7-15(12-17)18-14-25-11-5-10-22-21(25)24-18/h2-12,14H,13H2,1H3,(H,23,26). The zero-order chi connectivity index (χ0) is 18.6. The van der Waals surface area contributed by atoms with Crippen LogP contribution in [0.15, 0.2) is 73.2 Å². The van der Waals surface area contributed by atoms with Crippen LogP contribution < -0.4 is 10.1 Å². The van der Waals surface area contributed by atoms with Crippen LogP contribution in [0.2, 0.25) is 0 Å². The lowest BCUT2D eigenvalue weighted by molar-refractivity contribution is -0.115. The molecule has 6 nitrogen and oxygen atoms in total. The number of ether oxygens (including phenoxy) is 1. The molecular weight excluding hydrogens is 340 g/mol. The molecule has 134 valence electrons. The number of anilines is 1. The third-order valence-electron chi connectivity index (χ3n) is 4.22. The second-order valence-corrected chi connectivity index (χ2v) is 6.07. The van der Waals surface area contributed by atoms with E-state index in [1.54, 1.807) is 13.3 Å². The average molecular weight is 358 g/mol. The van der Waals surface area contributed by atoms with Crippen LogP contribution in [-0.2, 0) is 11.2 Å². The summed E-state index contributed by atoms with van der Waals surface area (Å²) in [4.78, 5) is 21.2. The van der Waals surface area contributed by atoms with Gasteiger partial charge in [0.1, 0.15) is 5.75 Å². The van der Waals surface area contributed by atoms with Gasteiger partial charge in [-0.3, -0.25) is 9.20 Å². The Kier molecular flexibility index (Phi) is 4.53. The van der Waals surface area contributed by atoms with Crippen LogP contribution in [0.25, 0.3) is 17.0 Å². The lowest BCUT2D eigenvalue weighted by Gasteiger charge is -2.09. The van der Waals surface area contributed by atoms with Crippen LogP contribution >= 0.6 is 0 Å². The summed E-state index contributed by atoms with van der Waals surface area (Å²) < 4.78 is 7.17. The van der Waals surface area contributed by atoms with Gasteiger partial charge in [-0.1, -0.05) is 30.3 Å². The van der Waals surface area contributed by atoms with E-state index in [1.165, 1.54) is 0 Å². The first-order valence-electron chi connectivity index (χ1n) is 8.55. The molecule has 6 heteroatoms. The van der Waals surface area contributed by atoms with E-state index in [-0.39, 0.29) is 12.3 Å². The molecule has 0 fully saturated rings. The molecule has 1 N–H and O–H groups in total. The molecule has 0 spiro atoms. The molecule has 0 aliphatic rings. The number of carbonyl (C=O) groups excluding carboxylic acids is 1. The monoisotopic (exact) mass is 358 g/mol. The number of hydrogen-bond donors (Lipinski definition) is 1. The lowest BCUT2D eigenvalue weighted by atomic mass is 10.1. The molecule has 2 heterocycles. The zero-order valence-electron chi connectivity index (χ0n) is 14.8. The van der Waals surface area contributed by atoms with Crippen molar-refractivity contribution >= 4 is 17.4 Å². The number of amides is 1. The van der Waals surface area contributed by atoms with E-state index in [9.17, 15) is 4.79 Å². The fraction of sp³-hybridized carbons (Fsp3) is 0.0952. The van der Waals surface area contributed by atoms with Crippen molar-refractivity contribution in [1.82, 2.24) is 14.4 Å². The van der Waals surface area contributed by atoms with E-state index < -0.39 is 0 Å². The summed E-state index contributed by atoms with van der Waals surface area (Å²) in [6, 6.07) is 17.0. The molecule has 1 amide bonds. The topological polar surface area (TPSA) is 68.5 Å². The van der Waals surface area contributed by atoms with Crippen LogP contribution in [0, 0.1) is 0 Å². The highest BCUT2D eigenvalue weighted by atomic mass is 16.5. The van der Waals surface area contributed by atoms with Gasteiger partial charge >= 0.3 is 0 Å². The number of methoxy groups -OCH3 is 1. The maximum absolute atomic E-state index is 12.4. The number of rotatable bonds is 5. The second kappa shape index (κ2) is 7.29. The van der Waals surface area contributed by atoms with Gasteiger partial charge in [-0.05, 0) is 24.3 Å². The molecular formula is C21H18N4O2. The van der Waals surface area contributed by atoms with Crippen LogP contribution in [0.5, 0.6) is 5.75 Å². The molecule has 0 saturated carbocycles. The normalized spacial score (nSPS) is 10.7. The van der Waals surface area contributed by atoms with Gasteiger partial charge in [0, 0.05) is 35.4 Å². The summed E-state index contributed by atoms with van der Waals surface area (Å²) in [6.07, 6.45) is 5.77. The SMILES string of the molecule is COc1ccccc1CC(=O)Nc1cccc(-c2cn3cccnc3n2)c1. The summed E-state index contributed by atoms with van der Waals surface area (Å²) in [5, 5.41) is 2.94. The van der Waals surface area contributed by atoms with E-state index in [2.05, 4.69) is 15.3 Å². The van der Waals surface area contributed by atoms with Crippen molar-refractivity contribution in [3.63, 3.8) is 0 Å². The third kappa shape index (κ3) is 3.64. The minimum Gasteiger partial charge on any atom is -0.496 e. The molecule has 27 heavy (non-hydrogen) atoms. The number of hydrogen-bond acceptors (Lipinski definition) is 4. The van der Waals surface area contributed by atoms with Crippen LogP contribution in [0.4, 0.5) is 5.69 Å². The molecule has 0 unspecified atom stereocenters. The molecule has 0 aliphatic carbocycles. The Hall–Kier alpha value is -3.67. The van der Waals surface area contributed by atoms with E-state index in [4.69, 9.17) is 4.74 Å². The Morgan fingerprint density at radius 1 is 1.15 bits per heavy atom. The second-order valence-electron chi connectivity index (χ2n) is 6.07. The number of benzene rings is 2. The summed E-state index contributed by atoms with van der Waals surface area (Å²) in [6.45, 7) is 0. The summed E-state index contributed by atoms with van der Waals surface area (Å²) in [5.41, 5.74) is 3.28. The molecule has 4 rings (SSSR count). The fourth-order valence-electron chi connectivity index (χ4n) is 2.95. The van der Waals surface area contributed by atoms with E-state index in [0.29, 0.717) is 11.5 Å². The maximum atomic E-state index is 12.4. The van der Waals surface area contributed by atoms with Gasteiger partial charge in [0.05, 0.1) is 19.2 Å². The van der Waals surface area contributed by atoms with Crippen molar-refractivity contribution in [1.29, 1.82) is 0 Å². The van der Waals surface area contributed by atoms with Gasteiger partial charge in [0.25, 0.3) is 0 Å². The fourth-order valence-corrected chi connectivity index (χ4v) is 2.95. The van der Waals surface area contributed by atoms with E-state index in [0.717, 1.165) is 22.5 Å². The predicted octanol–water partition coefficient (Wildman–Crippen LogP) is 3.59. The number of nitrogens with zero attached hydrogens (tertiary/aromatic N) is 3. The van der Waals surface area contributed by atoms with Gasteiger partial charge in [0.2, 0.25) is 11.7 Å². The third-order valence-corrected chi connectivity index (χ3v) is 4.22. The Morgan fingerprint density at radius 3 is 2.89 bits per heavy atom. The number of nitrogens with one attached hydrogen (secondary N) is 1. The molecule has 0 radical (unpaired) electrons. The van der Waals surface area contributed by atoms with Gasteiger partial charge < -0.3 is 10.1 Å². The molecule has 0 bridgehead atoms. The predicted molar refractivity (Wildman–Crippen MR) is 104 cm³/mol. The zero-order valence-corrected chi connectivity index (χ0v) is 14.8. The summed E-state index contributed by atoms with van der Waals surface area (Å²) in [7, 11) is 1.60. The minimum atomic E-state index is -0.103. The van der Waals surface area contributed by atoms with Crippen LogP contribution in [-0.4, -0.2) is 27.4 Å². The van der Waals surface area contributed by atoms with Crippen molar-refractivity contribution in [2.75, 3.05) is 12.4 Å². The molecule has 0 aliphatic heterocycles. The number of fused-ring (bicyclic) bond motifs is 1. The van der Waals surface area contributed by atoms with E-state index >= 15 is 0 Å². The van der Waals surface area contributed by atoms with Gasteiger partial charge in [-0.25, -0.2) is 9.97 Å². The molecule has 2 aromatic carbocycles. The lowest BCUT2D eigenvalue weighted by Crippen LogP contribution is -2.14. The Labute approximate surface area is 156 Å². The molecule has 0 saturated heterocycles. The van der Waals surface area contributed by atoms with Gasteiger partial charge in [-0.15, -0.1) is 0 Å². The van der Waals surface area contributed by atoms with E-state index in [1.807, 2.05) is 71.4 Å². The molecule has 0 atom stereocenters. The highest BCUT2D eigenvalue weighted by molar-refractivity contribution is 5.93. The van der Waals surface area contributed by atoms with Gasteiger partial charge in [0.15, 0.2) is 0 Å². The number of carbonyl (C=O) groups is 1. The smallest absolute Gasteiger partial charge is 0.234 e. The first-order valence-corrected chi connectivity index (χ1v) is 8.55. The van der Waals surface area contributed by atoms with Gasteiger partial charge in [-0.2, -0.15) is 0 Å². The number of imidazole rings is 1. The summed E-state index contributed by atoms with van der Waals surface area (Å²) in [5.74, 6) is 1.24. The quantitative estimate of drug-likeness (QED) is 0.592. The van der Waals surface area contributed by atoms with Crippen LogP contribution in [0.1, 0.15) is 5.56 Å². The van der Waals surface area contributed by atoms with Crippen LogP contribution in [0.3, 0.4) is 0 Å². The molecule has 2 aromatic heterocycles. The maximum Gasteiger partial charge on any atom is 0.234 e. The first-order chi connectivity index (χ1) is 13.2. The van der Waals surface area contributed by atoms with Crippen molar-refractivity contribution < 1.29 is 9.53 Å². The Bertz CT molecular complexity index is 1070. The Morgan fingerprint density at radius 2 is 2.04 bits per heavy atom. The van der Waals surface area contributed by atoms with Crippen molar-refractivity contribution in [2.24, 2.45) is 0 Å². The first kappa shape index (κ1) is 16.8. The van der Waals surface area contributed by atoms with Crippen molar-refractivity contribution in [2.45, 2.75) is 6.42 Å². The average Bonchev–Trinajstić information content (AvgIpc) is 3.13. The highest BCUT2D eigenvalue weighted by Gasteiger charge is 2.10. The molecule has 4 aromatic rings. The summed E-state index contributed by atoms with van der Waals surface area (Å²) >= 11 is 0. The number of aromatic nitrogens is 3. The highest BCUT2D eigenvalue weighted by Crippen LogP contribution is 2.23. The number of para-hydroxylation sites is 1.